The number of benzene rings is 2. The Morgan fingerprint density at radius 1 is 1.14 bits per heavy atom. The summed E-state index contributed by atoms with van der Waals surface area (Å²) in [5, 5.41) is 9.16. The summed E-state index contributed by atoms with van der Waals surface area (Å²) in [5.74, 6) is 0. The maximum Gasteiger partial charge on any atom is 0.263 e. The number of hydrogen-bond donors (Lipinski definition) is 2. The molecule has 2 N–H and O–H groups in total. The Bertz CT molecular complexity index is 776. The van der Waals surface area contributed by atoms with E-state index in [1.54, 1.807) is 37.3 Å². The molecule has 2 rings (SSSR count). The average Bonchev–Trinajstić information content (AvgIpc) is 2.43. The molecular weight excluding hydrogens is 422 g/mol. The predicted octanol–water partition coefficient (Wildman–Crippen LogP) is 3.81. The standard InChI is InChI=1S/C14H13Br2NO3S/c1-9-2-3-10(8-18)6-13(9)17-21(19,20)14-7-11(15)4-5-12(14)16/h2-7,17-18H,8H2,1H3. The van der Waals surface area contributed by atoms with Gasteiger partial charge in [0.15, 0.2) is 0 Å². The van der Waals surface area contributed by atoms with Crippen molar-refractivity contribution in [3.63, 3.8) is 0 Å². The van der Waals surface area contributed by atoms with Gasteiger partial charge in [-0.15, -0.1) is 0 Å². The third-order valence-electron chi connectivity index (χ3n) is 2.91. The summed E-state index contributed by atoms with van der Waals surface area (Å²) in [6.45, 7) is 1.66. The Balaban J connectivity index is 2.44. The van der Waals surface area contributed by atoms with E-state index in [1.807, 2.05) is 0 Å². The van der Waals surface area contributed by atoms with E-state index in [0.717, 1.165) is 5.56 Å². The first kappa shape index (κ1) is 16.5. The molecule has 0 fully saturated rings. The highest BCUT2D eigenvalue weighted by Gasteiger charge is 2.19. The zero-order valence-corrected chi connectivity index (χ0v) is 15.1. The van der Waals surface area contributed by atoms with Gasteiger partial charge in [0, 0.05) is 8.95 Å². The molecule has 0 spiro atoms. The van der Waals surface area contributed by atoms with Crippen molar-refractivity contribution in [3.05, 3.63) is 56.5 Å². The molecule has 0 aliphatic heterocycles. The number of hydrogen-bond acceptors (Lipinski definition) is 3. The first-order chi connectivity index (χ1) is 9.83. The van der Waals surface area contributed by atoms with Gasteiger partial charge >= 0.3 is 0 Å². The van der Waals surface area contributed by atoms with Crippen LogP contribution in [-0.4, -0.2) is 13.5 Å². The highest BCUT2D eigenvalue weighted by Crippen LogP contribution is 2.28. The molecule has 0 aliphatic carbocycles. The smallest absolute Gasteiger partial charge is 0.263 e. The molecule has 0 amide bonds. The van der Waals surface area contributed by atoms with Crippen LogP contribution in [0.2, 0.25) is 0 Å². The third kappa shape index (κ3) is 3.85. The SMILES string of the molecule is Cc1ccc(CO)cc1NS(=O)(=O)c1cc(Br)ccc1Br. The van der Waals surface area contributed by atoms with Crippen LogP contribution in [0.5, 0.6) is 0 Å². The van der Waals surface area contributed by atoms with Crippen LogP contribution in [0, 0.1) is 6.92 Å². The topological polar surface area (TPSA) is 66.4 Å². The van der Waals surface area contributed by atoms with E-state index in [-0.39, 0.29) is 11.5 Å². The van der Waals surface area contributed by atoms with Gasteiger partial charge in [0.25, 0.3) is 10.0 Å². The molecular formula is C14H13Br2NO3S. The maximum atomic E-state index is 12.5. The minimum absolute atomic E-state index is 0.143. The van der Waals surface area contributed by atoms with Crippen LogP contribution < -0.4 is 4.72 Å². The van der Waals surface area contributed by atoms with Crippen LogP contribution in [0.25, 0.3) is 0 Å². The molecule has 2 aromatic carbocycles. The lowest BCUT2D eigenvalue weighted by atomic mass is 10.1. The first-order valence-corrected chi connectivity index (χ1v) is 9.08. The van der Waals surface area contributed by atoms with Gasteiger partial charge in [0.1, 0.15) is 4.90 Å². The van der Waals surface area contributed by atoms with Gasteiger partial charge in [-0.3, -0.25) is 4.72 Å². The zero-order chi connectivity index (χ0) is 15.6. The Labute approximate surface area is 140 Å². The van der Waals surface area contributed by atoms with Crippen LogP contribution in [0.3, 0.4) is 0 Å². The summed E-state index contributed by atoms with van der Waals surface area (Å²) in [7, 11) is -3.72. The molecule has 0 heterocycles. The van der Waals surface area contributed by atoms with Crippen molar-refractivity contribution in [3.8, 4) is 0 Å². The fourth-order valence-electron chi connectivity index (χ4n) is 1.76. The summed E-state index contributed by atoms with van der Waals surface area (Å²) in [4.78, 5) is 0.144. The molecule has 0 saturated heterocycles. The second-order valence-electron chi connectivity index (χ2n) is 4.49. The molecule has 2 aromatic rings. The number of aliphatic hydroxyl groups excluding tert-OH is 1. The summed E-state index contributed by atoms with van der Waals surface area (Å²) in [5.41, 5.74) is 1.88. The van der Waals surface area contributed by atoms with Gasteiger partial charge in [-0.2, -0.15) is 0 Å². The van der Waals surface area contributed by atoms with E-state index >= 15 is 0 Å². The largest absolute Gasteiger partial charge is 0.392 e. The van der Waals surface area contributed by atoms with Crippen LogP contribution in [0.15, 0.2) is 50.2 Å². The number of aryl methyl sites for hydroxylation is 1. The van der Waals surface area contributed by atoms with E-state index in [0.29, 0.717) is 20.2 Å². The lowest BCUT2D eigenvalue weighted by molar-refractivity contribution is 0.282. The Hall–Kier alpha value is -0.890. The Kier molecular flexibility index (Phi) is 5.08. The zero-order valence-electron chi connectivity index (χ0n) is 11.1. The molecule has 4 nitrogen and oxygen atoms in total. The lowest BCUT2D eigenvalue weighted by Gasteiger charge is -2.13. The molecule has 0 aromatic heterocycles. The van der Waals surface area contributed by atoms with E-state index in [4.69, 9.17) is 5.11 Å². The molecule has 0 radical (unpaired) electrons. The maximum absolute atomic E-state index is 12.5. The molecule has 7 heteroatoms. The summed E-state index contributed by atoms with van der Waals surface area (Å²) in [6, 6.07) is 10.1. The highest BCUT2D eigenvalue weighted by molar-refractivity contribution is 9.11. The quantitative estimate of drug-likeness (QED) is 0.768. The van der Waals surface area contributed by atoms with E-state index in [1.165, 1.54) is 6.07 Å². The minimum atomic E-state index is -3.72. The molecule has 0 saturated carbocycles. The second-order valence-corrected chi connectivity index (χ2v) is 7.91. The highest BCUT2D eigenvalue weighted by atomic mass is 79.9. The number of anilines is 1. The van der Waals surface area contributed by atoms with Crippen LogP contribution in [0.1, 0.15) is 11.1 Å². The van der Waals surface area contributed by atoms with E-state index in [9.17, 15) is 8.42 Å². The van der Waals surface area contributed by atoms with E-state index < -0.39 is 10.0 Å². The fourth-order valence-corrected chi connectivity index (χ4v) is 4.39. The molecule has 0 unspecified atom stereocenters. The van der Waals surface area contributed by atoms with Gasteiger partial charge in [0.2, 0.25) is 0 Å². The molecule has 112 valence electrons. The van der Waals surface area contributed by atoms with Crippen molar-refractivity contribution >= 4 is 47.6 Å². The van der Waals surface area contributed by atoms with E-state index in [2.05, 4.69) is 36.6 Å². The minimum Gasteiger partial charge on any atom is -0.392 e. The monoisotopic (exact) mass is 433 g/mol. The van der Waals surface area contributed by atoms with Crippen LogP contribution >= 0.6 is 31.9 Å². The van der Waals surface area contributed by atoms with Crippen molar-refractivity contribution in [2.24, 2.45) is 0 Å². The summed E-state index contributed by atoms with van der Waals surface area (Å²) in [6.07, 6.45) is 0. The summed E-state index contributed by atoms with van der Waals surface area (Å²) < 4.78 is 28.7. The summed E-state index contributed by atoms with van der Waals surface area (Å²) >= 11 is 6.51. The normalized spacial score (nSPS) is 11.4. The third-order valence-corrected chi connectivity index (χ3v) is 5.76. The molecule has 0 bridgehead atoms. The van der Waals surface area contributed by atoms with Gasteiger partial charge in [-0.25, -0.2) is 8.42 Å². The predicted molar refractivity (Wildman–Crippen MR) is 89.8 cm³/mol. The van der Waals surface area contributed by atoms with Crippen molar-refractivity contribution in [1.29, 1.82) is 0 Å². The number of sulfonamides is 1. The molecule has 0 aliphatic rings. The number of rotatable bonds is 4. The van der Waals surface area contributed by atoms with Crippen LogP contribution in [-0.2, 0) is 16.6 Å². The first-order valence-electron chi connectivity index (χ1n) is 6.02. The van der Waals surface area contributed by atoms with Gasteiger partial charge < -0.3 is 5.11 Å². The van der Waals surface area contributed by atoms with Crippen molar-refractivity contribution < 1.29 is 13.5 Å². The number of halogens is 2. The van der Waals surface area contributed by atoms with Gasteiger partial charge in [0.05, 0.1) is 12.3 Å². The van der Waals surface area contributed by atoms with Crippen molar-refractivity contribution in [2.45, 2.75) is 18.4 Å². The van der Waals surface area contributed by atoms with Crippen molar-refractivity contribution in [2.75, 3.05) is 4.72 Å². The fraction of sp³-hybridized carbons (Fsp3) is 0.143. The second kappa shape index (κ2) is 6.48. The van der Waals surface area contributed by atoms with Gasteiger partial charge in [-0.1, -0.05) is 28.1 Å². The van der Waals surface area contributed by atoms with Crippen LogP contribution in [0.4, 0.5) is 5.69 Å². The lowest BCUT2D eigenvalue weighted by Crippen LogP contribution is -2.14. The molecule has 21 heavy (non-hydrogen) atoms. The Morgan fingerprint density at radius 2 is 1.86 bits per heavy atom. The van der Waals surface area contributed by atoms with Gasteiger partial charge in [-0.05, 0) is 58.2 Å². The Morgan fingerprint density at radius 3 is 2.52 bits per heavy atom. The number of nitrogens with one attached hydrogen (secondary N) is 1. The number of aliphatic hydroxyl groups is 1. The van der Waals surface area contributed by atoms with Crippen molar-refractivity contribution in [1.82, 2.24) is 0 Å². The molecule has 0 atom stereocenters. The average molecular weight is 435 g/mol.